The number of rotatable bonds is 7. The highest BCUT2D eigenvalue weighted by molar-refractivity contribution is 5.64. The molecule has 19 heavy (non-hydrogen) atoms. The first-order valence-electron chi connectivity index (χ1n) is 7.07. The summed E-state index contributed by atoms with van der Waals surface area (Å²) in [5.74, 6) is 0.980. The van der Waals surface area contributed by atoms with Crippen LogP contribution < -0.4 is 4.74 Å². The van der Waals surface area contributed by atoms with Crippen LogP contribution in [0.15, 0.2) is 17.1 Å². The maximum Gasteiger partial charge on any atom is 0.122 e. The van der Waals surface area contributed by atoms with Gasteiger partial charge in [-0.05, 0) is 50.5 Å². The Hall–Kier alpha value is -1.51. The van der Waals surface area contributed by atoms with Gasteiger partial charge in [-0.25, -0.2) is 4.99 Å². The molecule has 0 aliphatic carbocycles. The highest BCUT2D eigenvalue weighted by Gasteiger charge is 2.04. The SMILES string of the molecule is CCCCOc1cc(C)c(N=CN(C)CC)cc1C. The predicted molar refractivity (Wildman–Crippen MR) is 82.8 cm³/mol. The number of benzene rings is 1. The monoisotopic (exact) mass is 262 g/mol. The molecule has 3 heteroatoms. The minimum absolute atomic E-state index is 0.790. The van der Waals surface area contributed by atoms with Crippen LogP contribution in [0.5, 0.6) is 5.75 Å². The first-order valence-corrected chi connectivity index (χ1v) is 7.07. The summed E-state index contributed by atoms with van der Waals surface area (Å²) in [5, 5.41) is 0. The van der Waals surface area contributed by atoms with E-state index < -0.39 is 0 Å². The molecule has 0 heterocycles. The molecular formula is C16H26N2O. The first-order chi connectivity index (χ1) is 9.08. The molecule has 1 rings (SSSR count). The summed E-state index contributed by atoms with van der Waals surface area (Å²) in [6, 6.07) is 4.18. The van der Waals surface area contributed by atoms with Gasteiger partial charge in [0.25, 0.3) is 0 Å². The topological polar surface area (TPSA) is 24.8 Å². The fourth-order valence-electron chi connectivity index (χ4n) is 1.64. The van der Waals surface area contributed by atoms with Gasteiger partial charge in [-0.1, -0.05) is 13.3 Å². The third-order valence-electron chi connectivity index (χ3n) is 3.14. The van der Waals surface area contributed by atoms with Crippen molar-refractivity contribution in [2.24, 2.45) is 4.99 Å². The average Bonchev–Trinajstić information content (AvgIpc) is 2.40. The second-order valence-corrected chi connectivity index (χ2v) is 4.92. The van der Waals surface area contributed by atoms with E-state index in [-0.39, 0.29) is 0 Å². The minimum Gasteiger partial charge on any atom is -0.493 e. The van der Waals surface area contributed by atoms with Crippen molar-refractivity contribution >= 4 is 12.0 Å². The van der Waals surface area contributed by atoms with Gasteiger partial charge < -0.3 is 9.64 Å². The number of unbranched alkanes of at least 4 members (excludes halogenated alkanes) is 1. The number of hydrogen-bond acceptors (Lipinski definition) is 2. The molecule has 0 amide bonds. The van der Waals surface area contributed by atoms with Gasteiger partial charge in [-0.2, -0.15) is 0 Å². The summed E-state index contributed by atoms with van der Waals surface area (Å²) >= 11 is 0. The second-order valence-electron chi connectivity index (χ2n) is 4.92. The van der Waals surface area contributed by atoms with Crippen molar-refractivity contribution in [2.45, 2.75) is 40.5 Å². The fraction of sp³-hybridized carbons (Fsp3) is 0.562. The molecule has 106 valence electrons. The Bertz CT molecular complexity index is 427. The lowest BCUT2D eigenvalue weighted by atomic mass is 10.1. The van der Waals surface area contributed by atoms with E-state index in [0.717, 1.165) is 48.6 Å². The summed E-state index contributed by atoms with van der Waals surface area (Å²) in [6.07, 6.45) is 4.13. The Balaban J connectivity index is 2.81. The Labute approximate surface area is 117 Å². The third-order valence-corrected chi connectivity index (χ3v) is 3.14. The van der Waals surface area contributed by atoms with Crippen molar-refractivity contribution < 1.29 is 4.74 Å². The van der Waals surface area contributed by atoms with E-state index in [1.807, 2.05) is 13.4 Å². The lowest BCUT2D eigenvalue weighted by Crippen LogP contribution is -2.14. The Morgan fingerprint density at radius 1 is 1.21 bits per heavy atom. The largest absolute Gasteiger partial charge is 0.493 e. The maximum atomic E-state index is 5.80. The van der Waals surface area contributed by atoms with E-state index in [2.05, 4.69) is 49.7 Å². The average molecular weight is 262 g/mol. The molecule has 0 bridgehead atoms. The van der Waals surface area contributed by atoms with Gasteiger partial charge in [-0.3, -0.25) is 0 Å². The predicted octanol–water partition coefficient (Wildman–Crippen LogP) is 4.09. The molecule has 1 aromatic rings. The van der Waals surface area contributed by atoms with Gasteiger partial charge in [0.1, 0.15) is 5.75 Å². The molecule has 0 N–H and O–H groups in total. The number of aliphatic imine (C=N–C) groups is 1. The van der Waals surface area contributed by atoms with E-state index >= 15 is 0 Å². The smallest absolute Gasteiger partial charge is 0.122 e. The number of nitrogens with zero attached hydrogens (tertiary/aromatic N) is 2. The van der Waals surface area contributed by atoms with E-state index in [9.17, 15) is 0 Å². The van der Waals surface area contributed by atoms with Crippen molar-refractivity contribution in [3.05, 3.63) is 23.3 Å². The molecule has 0 unspecified atom stereocenters. The molecule has 0 saturated carbocycles. The summed E-state index contributed by atoms with van der Waals surface area (Å²) < 4.78 is 5.80. The minimum atomic E-state index is 0.790. The highest BCUT2D eigenvalue weighted by atomic mass is 16.5. The van der Waals surface area contributed by atoms with Crippen LogP contribution in [-0.4, -0.2) is 31.4 Å². The molecule has 0 atom stereocenters. The number of ether oxygens (including phenoxy) is 1. The molecule has 0 aliphatic heterocycles. The molecule has 0 saturated heterocycles. The fourth-order valence-corrected chi connectivity index (χ4v) is 1.64. The van der Waals surface area contributed by atoms with E-state index in [0.29, 0.717) is 0 Å². The highest BCUT2D eigenvalue weighted by Crippen LogP contribution is 2.28. The van der Waals surface area contributed by atoms with Gasteiger partial charge in [-0.15, -0.1) is 0 Å². The van der Waals surface area contributed by atoms with Crippen LogP contribution in [0.3, 0.4) is 0 Å². The zero-order valence-corrected chi connectivity index (χ0v) is 12.9. The Morgan fingerprint density at radius 3 is 2.58 bits per heavy atom. The van der Waals surface area contributed by atoms with Crippen molar-refractivity contribution in [1.82, 2.24) is 4.90 Å². The van der Waals surface area contributed by atoms with Gasteiger partial charge >= 0.3 is 0 Å². The molecule has 0 fully saturated rings. The van der Waals surface area contributed by atoms with Crippen LogP contribution in [0.25, 0.3) is 0 Å². The molecule has 0 aliphatic rings. The number of hydrogen-bond donors (Lipinski definition) is 0. The van der Waals surface area contributed by atoms with Crippen LogP contribution in [-0.2, 0) is 0 Å². The van der Waals surface area contributed by atoms with Crippen molar-refractivity contribution in [1.29, 1.82) is 0 Å². The van der Waals surface area contributed by atoms with Gasteiger partial charge in [0, 0.05) is 13.6 Å². The van der Waals surface area contributed by atoms with Gasteiger partial charge in [0.15, 0.2) is 0 Å². The molecule has 0 spiro atoms. The van der Waals surface area contributed by atoms with Crippen molar-refractivity contribution in [3.63, 3.8) is 0 Å². The number of aryl methyl sites for hydroxylation is 2. The Kier molecular flexibility index (Phi) is 6.40. The quantitative estimate of drug-likeness (QED) is 0.420. The summed E-state index contributed by atoms with van der Waals surface area (Å²) in [6.45, 7) is 10.2. The summed E-state index contributed by atoms with van der Waals surface area (Å²) in [4.78, 5) is 6.58. The van der Waals surface area contributed by atoms with E-state index in [1.165, 1.54) is 0 Å². The molecule has 1 aromatic carbocycles. The molecule has 0 aromatic heterocycles. The second kappa shape index (κ2) is 7.82. The van der Waals surface area contributed by atoms with Gasteiger partial charge in [0.05, 0.1) is 18.6 Å². The molecule has 3 nitrogen and oxygen atoms in total. The van der Waals surface area contributed by atoms with Crippen LogP contribution in [0.4, 0.5) is 5.69 Å². The first kappa shape index (κ1) is 15.5. The normalized spacial score (nSPS) is 11.0. The zero-order chi connectivity index (χ0) is 14.3. The molecular weight excluding hydrogens is 236 g/mol. The molecule has 0 radical (unpaired) electrons. The zero-order valence-electron chi connectivity index (χ0n) is 12.9. The maximum absolute atomic E-state index is 5.80. The van der Waals surface area contributed by atoms with Crippen LogP contribution in [0.1, 0.15) is 37.8 Å². The summed E-state index contributed by atoms with van der Waals surface area (Å²) in [7, 11) is 2.02. The van der Waals surface area contributed by atoms with E-state index in [1.54, 1.807) is 0 Å². The van der Waals surface area contributed by atoms with E-state index in [4.69, 9.17) is 4.74 Å². The van der Waals surface area contributed by atoms with Crippen molar-refractivity contribution in [2.75, 3.05) is 20.2 Å². The lowest BCUT2D eigenvalue weighted by molar-refractivity contribution is 0.307. The van der Waals surface area contributed by atoms with Crippen LogP contribution in [0, 0.1) is 13.8 Å². The van der Waals surface area contributed by atoms with Crippen molar-refractivity contribution in [3.8, 4) is 5.75 Å². The summed E-state index contributed by atoms with van der Waals surface area (Å²) in [5.41, 5.74) is 3.31. The van der Waals surface area contributed by atoms with Gasteiger partial charge in [0.2, 0.25) is 0 Å². The van der Waals surface area contributed by atoms with Crippen LogP contribution >= 0.6 is 0 Å². The third kappa shape index (κ3) is 4.93. The standard InChI is InChI=1S/C16H26N2O/c1-6-8-9-19-16-11-13(3)15(10-14(16)4)17-12-18(5)7-2/h10-12H,6-9H2,1-5H3. The Morgan fingerprint density at radius 2 is 1.95 bits per heavy atom. The van der Waals surface area contributed by atoms with Crippen LogP contribution in [0.2, 0.25) is 0 Å². The lowest BCUT2D eigenvalue weighted by Gasteiger charge is -2.12.